The number of ether oxygens (including phenoxy) is 1. The van der Waals surface area contributed by atoms with Crippen molar-refractivity contribution in [2.75, 3.05) is 10.7 Å². The number of hydrogen-bond donors (Lipinski definition) is 4. The van der Waals surface area contributed by atoms with E-state index in [1.54, 1.807) is 42.6 Å². The number of rotatable bonds is 8. The third-order valence-electron chi connectivity index (χ3n) is 5.69. The minimum absolute atomic E-state index is 0.188. The van der Waals surface area contributed by atoms with Crippen LogP contribution in [0.25, 0.3) is 22.3 Å². The van der Waals surface area contributed by atoms with Gasteiger partial charge in [-0.2, -0.15) is 10.1 Å². The van der Waals surface area contributed by atoms with Gasteiger partial charge in [-0.3, -0.25) is 5.43 Å². The van der Waals surface area contributed by atoms with Crippen LogP contribution in [0.15, 0.2) is 72.0 Å². The maximum atomic E-state index is 11.6. The lowest BCUT2D eigenvalue weighted by atomic mass is 10.2. The molecule has 0 radical (unpaired) electrons. The van der Waals surface area contributed by atoms with Crippen LogP contribution in [-0.4, -0.2) is 36.5 Å². The minimum Gasteiger partial charge on any atom is -0.487 e. The van der Waals surface area contributed by atoms with E-state index in [1.807, 2.05) is 12.1 Å². The monoisotopic (exact) mass is 717 g/mol. The number of halogens is 4. The summed E-state index contributed by atoms with van der Waals surface area (Å²) in [5.74, 6) is 1.09. The van der Waals surface area contributed by atoms with Crippen LogP contribution in [0.2, 0.25) is 10.0 Å². The molecular formula is C25H15Br2Cl2N9O3. The summed E-state index contributed by atoms with van der Waals surface area (Å²) < 4.78 is 12.4. The van der Waals surface area contributed by atoms with Crippen LogP contribution in [0.1, 0.15) is 11.1 Å². The van der Waals surface area contributed by atoms with E-state index in [1.165, 1.54) is 0 Å². The van der Waals surface area contributed by atoms with Gasteiger partial charge in [-0.05, 0) is 68.7 Å². The summed E-state index contributed by atoms with van der Waals surface area (Å²) in [4.78, 5) is 25.9. The molecule has 0 aliphatic carbocycles. The number of aromatic amines is 2. The predicted octanol–water partition coefficient (Wildman–Crippen LogP) is 6.78. The fourth-order valence-electron chi connectivity index (χ4n) is 3.83. The zero-order valence-electron chi connectivity index (χ0n) is 20.4. The number of hydrazone groups is 1. The Balaban J connectivity index is 1.27. The second-order valence-corrected chi connectivity index (χ2v) is 11.1. The van der Waals surface area contributed by atoms with Crippen LogP contribution >= 0.6 is 55.1 Å². The maximum absolute atomic E-state index is 11.6. The maximum Gasteiger partial charge on any atom is 0.323 e. The Labute approximate surface area is 256 Å². The van der Waals surface area contributed by atoms with Gasteiger partial charge in [0.2, 0.25) is 11.3 Å². The fraction of sp³-hybridized carbons (Fsp3) is 0.0400. The molecule has 206 valence electrons. The van der Waals surface area contributed by atoms with Gasteiger partial charge in [0.15, 0.2) is 11.6 Å². The molecule has 0 amide bonds. The van der Waals surface area contributed by atoms with E-state index < -0.39 is 0 Å². The molecular weight excluding hydrogens is 705 g/mol. The number of aromatic nitrogens is 6. The zero-order chi connectivity index (χ0) is 28.5. The van der Waals surface area contributed by atoms with Crippen molar-refractivity contribution in [2.45, 2.75) is 6.61 Å². The van der Waals surface area contributed by atoms with Crippen LogP contribution in [0.5, 0.6) is 5.75 Å². The Hall–Kier alpha value is -3.98. The van der Waals surface area contributed by atoms with E-state index >= 15 is 0 Å². The van der Waals surface area contributed by atoms with Gasteiger partial charge in [0.1, 0.15) is 12.4 Å². The van der Waals surface area contributed by atoms with Crippen molar-refractivity contribution in [3.05, 3.63) is 89.1 Å². The number of benzene rings is 3. The van der Waals surface area contributed by atoms with Crippen molar-refractivity contribution < 1.29 is 9.37 Å². The molecule has 16 heteroatoms. The highest BCUT2D eigenvalue weighted by molar-refractivity contribution is 9.11. The highest BCUT2D eigenvalue weighted by Gasteiger charge is 2.15. The van der Waals surface area contributed by atoms with Crippen molar-refractivity contribution in [1.82, 2.24) is 30.2 Å². The first-order valence-corrected chi connectivity index (χ1v) is 14.0. The normalized spacial score (nSPS) is 11.5. The van der Waals surface area contributed by atoms with Gasteiger partial charge in [-0.1, -0.05) is 45.2 Å². The smallest absolute Gasteiger partial charge is 0.323 e. The summed E-state index contributed by atoms with van der Waals surface area (Å²) in [6, 6.07) is 14.2. The van der Waals surface area contributed by atoms with Crippen molar-refractivity contribution >= 4 is 101 Å². The molecule has 0 spiro atoms. The van der Waals surface area contributed by atoms with Crippen molar-refractivity contribution in [3.8, 4) is 5.75 Å². The summed E-state index contributed by atoms with van der Waals surface area (Å²) in [7, 11) is 0. The molecule has 0 unspecified atom stereocenters. The first kappa shape index (κ1) is 27.2. The lowest BCUT2D eigenvalue weighted by Gasteiger charge is -2.13. The van der Waals surface area contributed by atoms with E-state index in [-0.39, 0.29) is 29.4 Å². The summed E-state index contributed by atoms with van der Waals surface area (Å²) in [6.07, 6.45) is 1.57. The number of hydrogen-bond acceptors (Lipinski definition) is 10. The molecule has 6 aromatic rings. The second kappa shape index (κ2) is 11.5. The summed E-state index contributed by atoms with van der Waals surface area (Å²) in [6.45, 7) is 0.205. The largest absolute Gasteiger partial charge is 0.487 e. The molecule has 6 rings (SSSR count). The Morgan fingerprint density at radius 1 is 0.976 bits per heavy atom. The van der Waals surface area contributed by atoms with Crippen LogP contribution in [0.4, 0.5) is 17.3 Å². The predicted molar refractivity (Wildman–Crippen MR) is 163 cm³/mol. The quantitative estimate of drug-likeness (QED) is 0.0982. The molecule has 3 aromatic carbocycles. The van der Waals surface area contributed by atoms with E-state index in [2.05, 4.69) is 78.0 Å². The Morgan fingerprint density at radius 2 is 1.76 bits per heavy atom. The average molecular weight is 720 g/mol. The molecule has 0 saturated heterocycles. The molecule has 0 saturated carbocycles. The molecule has 3 heterocycles. The highest BCUT2D eigenvalue weighted by Crippen LogP contribution is 2.34. The van der Waals surface area contributed by atoms with Crippen molar-refractivity contribution in [2.24, 2.45) is 5.10 Å². The Kier molecular flexibility index (Phi) is 7.62. The minimum atomic E-state index is -0.303. The average Bonchev–Trinajstić information content (AvgIpc) is 3.53. The fourth-order valence-corrected chi connectivity index (χ4v) is 5.67. The van der Waals surface area contributed by atoms with Crippen molar-refractivity contribution in [1.29, 1.82) is 0 Å². The van der Waals surface area contributed by atoms with Crippen molar-refractivity contribution in [3.63, 3.8) is 0 Å². The SMILES string of the molecule is O=c1[nH]c2ccc(Nc3nc4nonc4nc3N/N=C\c3cc(Br)cc(Br)c3OCc3ccc(Cl)cc3Cl)cc2[nH]1. The number of imidazole rings is 1. The van der Waals surface area contributed by atoms with Gasteiger partial charge in [0, 0.05) is 31.3 Å². The van der Waals surface area contributed by atoms with E-state index in [0.29, 0.717) is 48.4 Å². The van der Waals surface area contributed by atoms with Crippen LogP contribution in [-0.2, 0) is 6.61 Å². The van der Waals surface area contributed by atoms with E-state index in [4.69, 9.17) is 32.6 Å². The Bertz CT molecular complexity index is 2010. The molecule has 0 aliphatic heterocycles. The number of fused-ring (bicyclic) bond motifs is 2. The van der Waals surface area contributed by atoms with Gasteiger partial charge in [-0.25, -0.2) is 14.4 Å². The second-order valence-electron chi connectivity index (χ2n) is 8.50. The molecule has 0 fully saturated rings. The first-order chi connectivity index (χ1) is 19.8. The third kappa shape index (κ3) is 6.05. The first-order valence-electron chi connectivity index (χ1n) is 11.7. The molecule has 0 atom stereocenters. The van der Waals surface area contributed by atoms with Gasteiger partial charge in [0.05, 0.1) is 21.7 Å². The van der Waals surface area contributed by atoms with Gasteiger partial charge < -0.3 is 20.0 Å². The Morgan fingerprint density at radius 3 is 2.56 bits per heavy atom. The number of H-pyrrole nitrogens is 2. The van der Waals surface area contributed by atoms with E-state index in [0.717, 1.165) is 10.0 Å². The summed E-state index contributed by atoms with van der Waals surface area (Å²) in [5.41, 5.74) is 6.33. The molecule has 12 nitrogen and oxygen atoms in total. The topological polar surface area (TPSA) is 159 Å². The number of anilines is 3. The molecule has 0 aliphatic rings. The summed E-state index contributed by atoms with van der Waals surface area (Å²) in [5, 5.41) is 16.1. The van der Waals surface area contributed by atoms with Crippen LogP contribution < -0.4 is 21.2 Å². The summed E-state index contributed by atoms with van der Waals surface area (Å²) >= 11 is 19.4. The zero-order valence-corrected chi connectivity index (χ0v) is 25.1. The van der Waals surface area contributed by atoms with Gasteiger partial charge >= 0.3 is 5.69 Å². The van der Waals surface area contributed by atoms with Gasteiger partial charge in [0.25, 0.3) is 0 Å². The van der Waals surface area contributed by atoms with Crippen LogP contribution in [0.3, 0.4) is 0 Å². The highest BCUT2D eigenvalue weighted by atomic mass is 79.9. The van der Waals surface area contributed by atoms with Crippen LogP contribution in [0, 0.1) is 0 Å². The molecule has 41 heavy (non-hydrogen) atoms. The lowest BCUT2D eigenvalue weighted by molar-refractivity contribution is 0.304. The third-order valence-corrected chi connectivity index (χ3v) is 7.33. The van der Waals surface area contributed by atoms with Gasteiger partial charge in [-0.15, -0.1) is 0 Å². The standard InChI is InChI=1S/C25H15Br2Cl2N9O3/c26-13-5-12(20(16(27)6-13)40-10-11-1-2-14(28)7-17(11)29)9-30-36-22-21(34-23-24(35-22)38-41-37-23)31-15-3-4-18-19(8-15)33-25(39)32-18/h1-9H,10H2,(H,31,34,37)(H2,32,33,39)(H,35,36,38)/b30-9-. The van der Waals surface area contributed by atoms with E-state index in [9.17, 15) is 4.79 Å². The lowest BCUT2D eigenvalue weighted by Crippen LogP contribution is -2.04. The number of nitrogens with one attached hydrogen (secondary N) is 4. The molecule has 4 N–H and O–H groups in total. The molecule has 0 bridgehead atoms. The number of nitrogens with zero attached hydrogens (tertiary/aromatic N) is 5. The molecule has 3 aromatic heterocycles.